The third-order valence-corrected chi connectivity index (χ3v) is 7.60. The SMILES string of the molecule is COC(=O)OCOc1c2n(ccc1=O)N(C1c3ccccc3-c3nccn3-c3ccccc31)C1COCCN1C2=O. The van der Waals surface area contributed by atoms with Crippen molar-refractivity contribution in [1.29, 1.82) is 0 Å². The molecule has 0 aliphatic carbocycles. The number of benzene rings is 2. The molecule has 1 amide bonds. The summed E-state index contributed by atoms with van der Waals surface area (Å²) in [5, 5.41) is 2.05. The van der Waals surface area contributed by atoms with Crippen molar-refractivity contribution in [2.75, 3.05) is 38.7 Å². The molecule has 41 heavy (non-hydrogen) atoms. The van der Waals surface area contributed by atoms with Crippen LogP contribution in [0, 0.1) is 0 Å². The summed E-state index contributed by atoms with van der Waals surface area (Å²) in [5.41, 5.74) is 3.31. The van der Waals surface area contributed by atoms with Gasteiger partial charge in [0.15, 0.2) is 5.69 Å². The molecule has 2 aromatic carbocycles. The number of imidazole rings is 1. The number of carbonyl (C=O) groups excluding carboxylic acids is 2. The molecule has 3 aliphatic heterocycles. The maximum atomic E-state index is 14.0. The molecule has 5 heterocycles. The number of aromatic nitrogens is 3. The number of hydrogen-bond donors (Lipinski definition) is 0. The van der Waals surface area contributed by atoms with E-state index in [4.69, 9.17) is 19.2 Å². The lowest BCUT2D eigenvalue weighted by Gasteiger charge is -2.51. The lowest BCUT2D eigenvalue weighted by molar-refractivity contribution is -0.0208. The zero-order chi connectivity index (χ0) is 28.1. The van der Waals surface area contributed by atoms with E-state index in [2.05, 4.69) is 21.4 Å². The van der Waals surface area contributed by atoms with E-state index < -0.39 is 30.6 Å². The Morgan fingerprint density at radius 2 is 1.85 bits per heavy atom. The van der Waals surface area contributed by atoms with E-state index in [1.165, 1.54) is 6.07 Å². The van der Waals surface area contributed by atoms with Crippen molar-refractivity contribution in [3.05, 3.63) is 100 Å². The Morgan fingerprint density at radius 1 is 1.05 bits per heavy atom. The number of morpholine rings is 1. The van der Waals surface area contributed by atoms with E-state index in [0.717, 1.165) is 35.3 Å². The van der Waals surface area contributed by atoms with Gasteiger partial charge in [0.2, 0.25) is 18.0 Å². The Kier molecular flexibility index (Phi) is 5.97. The molecule has 12 heteroatoms. The quantitative estimate of drug-likeness (QED) is 0.277. The van der Waals surface area contributed by atoms with Gasteiger partial charge in [-0.1, -0.05) is 42.5 Å². The van der Waals surface area contributed by atoms with Gasteiger partial charge >= 0.3 is 6.16 Å². The van der Waals surface area contributed by atoms with Crippen LogP contribution in [0.4, 0.5) is 4.79 Å². The molecule has 0 N–H and O–H groups in total. The van der Waals surface area contributed by atoms with Crippen LogP contribution in [-0.4, -0.2) is 71.0 Å². The highest BCUT2D eigenvalue weighted by Crippen LogP contribution is 2.44. The summed E-state index contributed by atoms with van der Waals surface area (Å²) < 4.78 is 24.6. The number of amides is 1. The Morgan fingerprint density at radius 3 is 2.71 bits per heavy atom. The summed E-state index contributed by atoms with van der Waals surface area (Å²) in [6.45, 7) is 0.320. The van der Waals surface area contributed by atoms with Gasteiger partial charge in [0.1, 0.15) is 18.0 Å². The second-order valence-electron chi connectivity index (χ2n) is 9.67. The van der Waals surface area contributed by atoms with Crippen LogP contribution < -0.4 is 15.2 Å². The lowest BCUT2D eigenvalue weighted by atomic mass is 9.93. The molecule has 2 atom stereocenters. The van der Waals surface area contributed by atoms with Crippen LogP contribution in [-0.2, 0) is 14.2 Å². The first kappa shape index (κ1) is 24.9. The fourth-order valence-corrected chi connectivity index (χ4v) is 5.88. The van der Waals surface area contributed by atoms with Crippen molar-refractivity contribution in [2.24, 2.45) is 0 Å². The van der Waals surface area contributed by atoms with Crippen molar-refractivity contribution in [1.82, 2.24) is 19.1 Å². The van der Waals surface area contributed by atoms with Gasteiger partial charge in [0, 0.05) is 42.3 Å². The Bertz CT molecular complexity index is 1670. The molecule has 0 radical (unpaired) electrons. The van der Waals surface area contributed by atoms with E-state index >= 15 is 0 Å². The summed E-state index contributed by atoms with van der Waals surface area (Å²) in [6.07, 6.45) is 3.81. The van der Waals surface area contributed by atoms with E-state index in [0.29, 0.717) is 13.2 Å². The number of methoxy groups -OCH3 is 1. The summed E-state index contributed by atoms with van der Waals surface area (Å²) >= 11 is 0. The van der Waals surface area contributed by atoms with Crippen molar-refractivity contribution < 1.29 is 28.5 Å². The molecule has 3 aliphatic rings. The molecular formula is C29H25N5O7. The summed E-state index contributed by atoms with van der Waals surface area (Å²) in [4.78, 5) is 44.9. The summed E-state index contributed by atoms with van der Waals surface area (Å²) in [5.74, 6) is 0.187. The van der Waals surface area contributed by atoms with Gasteiger partial charge in [-0.15, -0.1) is 0 Å². The first-order valence-corrected chi connectivity index (χ1v) is 13.1. The molecule has 0 spiro atoms. The first-order valence-electron chi connectivity index (χ1n) is 13.1. The van der Waals surface area contributed by atoms with Crippen molar-refractivity contribution in [2.45, 2.75) is 12.2 Å². The van der Waals surface area contributed by atoms with Crippen LogP contribution in [0.2, 0.25) is 0 Å². The zero-order valence-electron chi connectivity index (χ0n) is 22.0. The van der Waals surface area contributed by atoms with Crippen LogP contribution in [0.15, 0.2) is 78.0 Å². The van der Waals surface area contributed by atoms with Gasteiger partial charge in [0.25, 0.3) is 5.91 Å². The highest BCUT2D eigenvalue weighted by molar-refractivity contribution is 5.96. The van der Waals surface area contributed by atoms with Crippen LogP contribution >= 0.6 is 0 Å². The minimum Gasteiger partial charge on any atom is -0.451 e. The van der Waals surface area contributed by atoms with E-state index in [1.54, 1.807) is 22.0 Å². The average molecular weight is 556 g/mol. The number of para-hydroxylation sites is 1. The number of rotatable bonds is 4. The highest BCUT2D eigenvalue weighted by atomic mass is 16.8. The number of pyridine rings is 1. The second kappa shape index (κ2) is 9.82. The molecule has 208 valence electrons. The van der Waals surface area contributed by atoms with Gasteiger partial charge in [-0.3, -0.25) is 23.8 Å². The molecule has 2 unspecified atom stereocenters. The topological polar surface area (TPSA) is 117 Å². The molecule has 7 rings (SSSR count). The number of fused-ring (bicyclic) bond motifs is 7. The molecular weight excluding hydrogens is 530 g/mol. The largest absolute Gasteiger partial charge is 0.510 e. The summed E-state index contributed by atoms with van der Waals surface area (Å²) in [7, 11) is 1.16. The molecule has 4 aromatic rings. The van der Waals surface area contributed by atoms with Crippen molar-refractivity contribution >= 4 is 12.1 Å². The van der Waals surface area contributed by atoms with Gasteiger partial charge in [-0.25, -0.2) is 9.78 Å². The van der Waals surface area contributed by atoms with E-state index in [9.17, 15) is 14.4 Å². The van der Waals surface area contributed by atoms with Crippen LogP contribution in [0.25, 0.3) is 17.1 Å². The highest BCUT2D eigenvalue weighted by Gasteiger charge is 2.46. The molecule has 1 fully saturated rings. The number of hydrogen-bond acceptors (Lipinski definition) is 9. The maximum absolute atomic E-state index is 14.0. The van der Waals surface area contributed by atoms with Crippen LogP contribution in [0.5, 0.6) is 5.75 Å². The van der Waals surface area contributed by atoms with Gasteiger partial charge < -0.3 is 23.8 Å². The number of carbonyl (C=O) groups is 2. The van der Waals surface area contributed by atoms with E-state index in [1.807, 2.05) is 47.6 Å². The zero-order valence-corrected chi connectivity index (χ0v) is 22.0. The smallest absolute Gasteiger partial charge is 0.451 e. The molecule has 2 aromatic heterocycles. The average Bonchev–Trinajstić information content (AvgIpc) is 3.46. The molecule has 12 nitrogen and oxygen atoms in total. The molecule has 0 bridgehead atoms. The Balaban J connectivity index is 1.46. The van der Waals surface area contributed by atoms with Crippen LogP contribution in [0.3, 0.4) is 0 Å². The predicted molar refractivity (Wildman–Crippen MR) is 144 cm³/mol. The fraction of sp³-hybridized carbons (Fsp3) is 0.241. The molecule has 1 saturated heterocycles. The lowest BCUT2D eigenvalue weighted by Crippen LogP contribution is -2.66. The normalized spacial score (nSPS) is 18.7. The third kappa shape index (κ3) is 3.86. The molecule has 0 saturated carbocycles. The minimum atomic E-state index is -0.972. The maximum Gasteiger partial charge on any atom is 0.510 e. The van der Waals surface area contributed by atoms with E-state index in [-0.39, 0.29) is 24.0 Å². The minimum absolute atomic E-state index is 0.0288. The van der Waals surface area contributed by atoms with Crippen LogP contribution in [0.1, 0.15) is 27.7 Å². The number of ether oxygens (including phenoxy) is 4. The standard InChI is InChI=1S/C29H25N5O7/c1-38-29(37)41-17-40-26-22(35)10-12-33-25(26)28(36)32-14-15-39-16-23(32)34(33)24-18-6-2-3-7-19(18)27-30-11-13-31(27)21-9-5-4-8-20(21)24/h2-13,23-24H,14-17H2,1H3. The van der Waals surface area contributed by atoms with Crippen molar-refractivity contribution in [3.8, 4) is 22.8 Å². The number of nitrogens with zero attached hydrogens (tertiary/aromatic N) is 5. The summed E-state index contributed by atoms with van der Waals surface area (Å²) in [6, 6.07) is 17.0. The van der Waals surface area contributed by atoms with Gasteiger partial charge in [-0.2, -0.15) is 0 Å². The fourth-order valence-electron chi connectivity index (χ4n) is 5.88. The third-order valence-electron chi connectivity index (χ3n) is 7.60. The predicted octanol–water partition coefficient (Wildman–Crippen LogP) is 2.67. The van der Waals surface area contributed by atoms with Crippen molar-refractivity contribution in [3.63, 3.8) is 0 Å². The van der Waals surface area contributed by atoms with Gasteiger partial charge in [0.05, 0.1) is 26.0 Å². The second-order valence-corrected chi connectivity index (χ2v) is 9.67. The van der Waals surface area contributed by atoms with Gasteiger partial charge in [-0.05, 0) is 11.6 Å². The monoisotopic (exact) mass is 555 g/mol. The Hall–Kier alpha value is -5.10. The first-order chi connectivity index (χ1) is 20.1. The Labute approximate surface area is 233 Å².